The van der Waals surface area contributed by atoms with Gasteiger partial charge in [-0.1, -0.05) is 37.6 Å². The molecule has 0 atom stereocenters. The summed E-state index contributed by atoms with van der Waals surface area (Å²) < 4.78 is 15.2. The molecule has 6 heteroatoms. The second kappa shape index (κ2) is 10.1. The van der Waals surface area contributed by atoms with E-state index >= 15 is 0 Å². The van der Waals surface area contributed by atoms with E-state index in [0.717, 1.165) is 22.0 Å². The van der Waals surface area contributed by atoms with Gasteiger partial charge in [0.05, 0.1) is 0 Å². The molecule has 2 N–H and O–H groups in total. The zero-order valence-electron chi connectivity index (χ0n) is 20.5. The van der Waals surface area contributed by atoms with Crippen LogP contribution >= 0.6 is 0 Å². The molecule has 0 radical (unpaired) electrons. The SMILES string of the molecule is Cc1ccc(C)c(Cn2c(C(=O)NCC(C)C)cc3cc(NC(=O)c4ccc(F)cc4)ccc32)c1. The number of carbonyl (C=O) groups is 2. The highest BCUT2D eigenvalue weighted by Crippen LogP contribution is 2.26. The van der Waals surface area contributed by atoms with Gasteiger partial charge in [-0.05, 0) is 79.4 Å². The van der Waals surface area contributed by atoms with Crippen molar-refractivity contribution in [3.8, 4) is 0 Å². The highest BCUT2D eigenvalue weighted by Gasteiger charge is 2.18. The van der Waals surface area contributed by atoms with Gasteiger partial charge < -0.3 is 15.2 Å². The predicted octanol–water partition coefficient (Wildman–Crippen LogP) is 6.08. The summed E-state index contributed by atoms with van der Waals surface area (Å²) in [5.41, 5.74) is 5.92. The first-order valence-corrected chi connectivity index (χ1v) is 11.8. The average Bonchev–Trinajstić information content (AvgIpc) is 3.17. The fraction of sp³-hybridized carbons (Fsp3) is 0.241. The van der Waals surface area contributed by atoms with Crippen molar-refractivity contribution in [2.24, 2.45) is 5.92 Å². The number of hydrogen-bond donors (Lipinski definition) is 2. The molecule has 1 heterocycles. The van der Waals surface area contributed by atoms with Gasteiger partial charge in [-0.25, -0.2) is 4.39 Å². The van der Waals surface area contributed by atoms with Gasteiger partial charge in [0.1, 0.15) is 11.5 Å². The molecule has 0 unspecified atom stereocenters. The third-order valence-corrected chi connectivity index (χ3v) is 6.00. The first-order chi connectivity index (χ1) is 16.7. The number of aromatic nitrogens is 1. The topological polar surface area (TPSA) is 63.1 Å². The molecule has 0 aliphatic rings. The van der Waals surface area contributed by atoms with Crippen LogP contribution in [0.3, 0.4) is 0 Å². The number of nitrogens with one attached hydrogen (secondary N) is 2. The fourth-order valence-electron chi connectivity index (χ4n) is 4.04. The number of hydrogen-bond acceptors (Lipinski definition) is 2. The van der Waals surface area contributed by atoms with Gasteiger partial charge in [-0.3, -0.25) is 9.59 Å². The Morgan fingerprint density at radius 2 is 1.66 bits per heavy atom. The molecule has 35 heavy (non-hydrogen) atoms. The quantitative estimate of drug-likeness (QED) is 0.343. The summed E-state index contributed by atoms with van der Waals surface area (Å²) >= 11 is 0. The van der Waals surface area contributed by atoms with E-state index < -0.39 is 5.82 Å². The predicted molar refractivity (Wildman–Crippen MR) is 138 cm³/mol. The Bertz CT molecular complexity index is 1390. The number of benzene rings is 3. The summed E-state index contributed by atoms with van der Waals surface area (Å²) in [6.07, 6.45) is 0. The van der Waals surface area contributed by atoms with Crippen LogP contribution in [-0.4, -0.2) is 22.9 Å². The van der Waals surface area contributed by atoms with Gasteiger partial charge in [0.25, 0.3) is 11.8 Å². The minimum absolute atomic E-state index is 0.128. The van der Waals surface area contributed by atoms with E-state index in [0.29, 0.717) is 36.0 Å². The van der Waals surface area contributed by atoms with Gasteiger partial charge in [-0.2, -0.15) is 0 Å². The molecule has 4 rings (SSSR count). The van der Waals surface area contributed by atoms with Crippen LogP contribution in [0, 0.1) is 25.6 Å². The third kappa shape index (κ3) is 5.60. The third-order valence-electron chi connectivity index (χ3n) is 6.00. The Labute approximate surface area is 205 Å². The van der Waals surface area contributed by atoms with Gasteiger partial charge in [0.15, 0.2) is 0 Å². The van der Waals surface area contributed by atoms with E-state index in [1.807, 2.05) is 28.8 Å². The summed E-state index contributed by atoms with van der Waals surface area (Å²) in [6, 6.07) is 19.2. The average molecular weight is 472 g/mol. The maximum absolute atomic E-state index is 13.2. The van der Waals surface area contributed by atoms with Crippen molar-refractivity contribution in [1.82, 2.24) is 9.88 Å². The largest absolute Gasteiger partial charge is 0.351 e. The molecule has 0 fully saturated rings. The second-order valence-corrected chi connectivity index (χ2v) is 9.38. The van der Waals surface area contributed by atoms with Crippen LogP contribution in [0.5, 0.6) is 0 Å². The van der Waals surface area contributed by atoms with Crippen LogP contribution in [0.25, 0.3) is 10.9 Å². The lowest BCUT2D eigenvalue weighted by molar-refractivity contribution is 0.0940. The smallest absolute Gasteiger partial charge is 0.267 e. The molecular weight excluding hydrogens is 441 g/mol. The molecule has 4 aromatic rings. The number of halogens is 1. The molecule has 3 aromatic carbocycles. The van der Waals surface area contributed by atoms with E-state index in [1.54, 1.807) is 0 Å². The number of anilines is 1. The highest BCUT2D eigenvalue weighted by atomic mass is 19.1. The van der Waals surface area contributed by atoms with Gasteiger partial charge >= 0.3 is 0 Å². The van der Waals surface area contributed by atoms with E-state index in [2.05, 4.69) is 56.5 Å². The molecule has 1 aromatic heterocycles. The Morgan fingerprint density at radius 3 is 2.37 bits per heavy atom. The molecule has 0 saturated heterocycles. The first kappa shape index (κ1) is 24.2. The zero-order valence-corrected chi connectivity index (χ0v) is 20.5. The van der Waals surface area contributed by atoms with Crippen LogP contribution in [0.4, 0.5) is 10.1 Å². The van der Waals surface area contributed by atoms with Crippen molar-refractivity contribution in [2.75, 3.05) is 11.9 Å². The molecule has 180 valence electrons. The lowest BCUT2D eigenvalue weighted by atomic mass is 10.1. The summed E-state index contributed by atoms with van der Waals surface area (Å²) in [5, 5.41) is 6.74. The summed E-state index contributed by atoms with van der Waals surface area (Å²) in [4.78, 5) is 25.7. The molecule has 5 nitrogen and oxygen atoms in total. The number of carbonyl (C=O) groups excluding carboxylic acids is 2. The second-order valence-electron chi connectivity index (χ2n) is 9.38. The molecule has 0 aliphatic heterocycles. The minimum atomic E-state index is -0.392. The Balaban J connectivity index is 1.70. The van der Waals surface area contributed by atoms with Crippen molar-refractivity contribution in [2.45, 2.75) is 34.2 Å². The number of fused-ring (bicyclic) bond motifs is 1. The fourth-order valence-corrected chi connectivity index (χ4v) is 4.04. The van der Waals surface area contributed by atoms with Gasteiger partial charge in [-0.15, -0.1) is 0 Å². The molecule has 2 amide bonds. The van der Waals surface area contributed by atoms with Gasteiger partial charge in [0.2, 0.25) is 0 Å². The number of amides is 2. The summed E-state index contributed by atoms with van der Waals surface area (Å²) in [5.74, 6) is -0.508. The minimum Gasteiger partial charge on any atom is -0.351 e. The summed E-state index contributed by atoms with van der Waals surface area (Å²) in [6.45, 7) is 9.39. The van der Waals surface area contributed by atoms with Gasteiger partial charge in [0, 0.05) is 35.2 Å². The molecule has 0 saturated carbocycles. The van der Waals surface area contributed by atoms with Crippen LogP contribution in [0.1, 0.15) is 51.4 Å². The van der Waals surface area contributed by atoms with Crippen molar-refractivity contribution < 1.29 is 14.0 Å². The Kier molecular flexibility index (Phi) is 7.01. The molecule has 0 spiro atoms. The highest BCUT2D eigenvalue weighted by molar-refractivity contribution is 6.06. The van der Waals surface area contributed by atoms with Crippen molar-refractivity contribution in [1.29, 1.82) is 0 Å². The van der Waals surface area contributed by atoms with E-state index in [4.69, 9.17) is 0 Å². The van der Waals surface area contributed by atoms with Crippen molar-refractivity contribution >= 4 is 28.4 Å². The van der Waals surface area contributed by atoms with Crippen LogP contribution < -0.4 is 10.6 Å². The summed E-state index contributed by atoms with van der Waals surface area (Å²) in [7, 11) is 0. The lowest BCUT2D eigenvalue weighted by Crippen LogP contribution is -2.29. The Morgan fingerprint density at radius 1 is 0.914 bits per heavy atom. The van der Waals surface area contributed by atoms with Crippen LogP contribution in [0.2, 0.25) is 0 Å². The van der Waals surface area contributed by atoms with E-state index in [9.17, 15) is 14.0 Å². The Hall–Kier alpha value is -3.93. The van der Waals surface area contributed by atoms with E-state index in [-0.39, 0.29) is 11.8 Å². The number of nitrogens with zero attached hydrogens (tertiary/aromatic N) is 1. The van der Waals surface area contributed by atoms with Crippen LogP contribution in [-0.2, 0) is 6.54 Å². The number of aryl methyl sites for hydroxylation is 2. The van der Waals surface area contributed by atoms with Crippen molar-refractivity contribution in [3.63, 3.8) is 0 Å². The van der Waals surface area contributed by atoms with Crippen molar-refractivity contribution in [3.05, 3.63) is 100 Å². The number of rotatable bonds is 7. The van der Waals surface area contributed by atoms with Crippen LogP contribution in [0.15, 0.2) is 66.7 Å². The maximum atomic E-state index is 13.2. The molecular formula is C29H30FN3O2. The molecule has 0 aliphatic carbocycles. The lowest BCUT2D eigenvalue weighted by Gasteiger charge is -2.14. The maximum Gasteiger partial charge on any atom is 0.267 e. The molecule has 0 bridgehead atoms. The zero-order chi connectivity index (χ0) is 25.1. The standard InChI is InChI=1S/C29H30FN3O2/c1-18(2)16-31-29(35)27-15-22-14-25(32-28(34)21-7-9-24(30)10-8-21)11-12-26(22)33(27)17-23-13-19(3)5-6-20(23)4/h5-15,18H,16-17H2,1-4H3,(H,31,35)(H,32,34). The monoisotopic (exact) mass is 471 g/mol. The first-order valence-electron chi connectivity index (χ1n) is 11.8. The normalized spacial score (nSPS) is 11.1. The van der Waals surface area contributed by atoms with E-state index in [1.165, 1.54) is 29.8 Å².